The summed E-state index contributed by atoms with van der Waals surface area (Å²) in [5, 5.41) is 4.55. The van der Waals surface area contributed by atoms with Gasteiger partial charge >= 0.3 is 5.91 Å². The predicted molar refractivity (Wildman–Crippen MR) is 107 cm³/mol. The first-order valence-electron chi connectivity index (χ1n) is 7.47. The van der Waals surface area contributed by atoms with E-state index in [1.807, 2.05) is 0 Å². The Hall–Kier alpha value is -5.74. The summed E-state index contributed by atoms with van der Waals surface area (Å²) in [5.41, 5.74) is 0.373. The molecule has 2 aromatic rings. The Morgan fingerprint density at radius 3 is 1.83 bits per heavy atom. The van der Waals surface area contributed by atoms with Crippen LogP contribution in [0.2, 0.25) is 0 Å². The maximum absolute atomic E-state index is 12.0. The Bertz CT molecular complexity index is 1520. The first kappa shape index (κ1) is 19.6. The fourth-order valence-corrected chi connectivity index (χ4v) is 1.51. The number of hydrogen-bond acceptors (Lipinski definition) is 4. The second-order valence-electron chi connectivity index (χ2n) is 4.31. The van der Waals surface area contributed by atoms with Crippen molar-refractivity contribution in [3.63, 3.8) is 0 Å². The summed E-state index contributed by atoms with van der Waals surface area (Å²) >= 11 is 0. The number of carbonyl (C=O) groups is 1. The molecule has 0 aromatic carbocycles. The van der Waals surface area contributed by atoms with Crippen LogP contribution in [0.3, 0.4) is 0 Å². The fraction of sp³-hybridized carbons (Fsp3) is 0. The molecular weight excluding hydrogens is 360 g/mol. The summed E-state index contributed by atoms with van der Waals surface area (Å²) < 4.78 is 1.07. The second kappa shape index (κ2) is 11.8. The van der Waals surface area contributed by atoms with Gasteiger partial charge in [-0.2, -0.15) is 9.78 Å². The van der Waals surface area contributed by atoms with Crippen LogP contribution in [0, 0.1) is 107 Å². The van der Waals surface area contributed by atoms with Crippen LogP contribution >= 0.6 is 0 Å². The van der Waals surface area contributed by atoms with E-state index in [0.717, 1.165) is 4.68 Å². The number of rotatable bonds is 0. The van der Waals surface area contributed by atoms with Crippen LogP contribution < -0.4 is 0 Å². The summed E-state index contributed by atoms with van der Waals surface area (Å²) in [5.74, 6) is 40.5. The van der Waals surface area contributed by atoms with E-state index in [0.29, 0.717) is 11.0 Å². The Labute approximate surface area is 167 Å². The zero-order valence-electron chi connectivity index (χ0n) is 14.5. The van der Waals surface area contributed by atoms with Crippen molar-refractivity contribution in [3.05, 3.63) is 18.7 Å². The highest BCUT2D eigenvalue weighted by atomic mass is 16.2. The van der Waals surface area contributed by atoms with E-state index < -0.39 is 5.91 Å². The summed E-state index contributed by atoms with van der Waals surface area (Å²) in [6.45, 7) is 0. The molecule has 2 heterocycles. The summed E-state index contributed by atoms with van der Waals surface area (Å²) in [6.07, 6.45) is 9.26. The highest BCUT2D eigenvalue weighted by molar-refractivity contribution is 5.99. The van der Waals surface area contributed by atoms with Gasteiger partial charge in [-0.05, 0) is 94.7 Å². The lowest BCUT2D eigenvalue weighted by atomic mass is 10.4. The average molecular weight is 364 g/mol. The number of terminal acetylenes is 1. The minimum absolute atomic E-state index is 0.373. The molecule has 5 heteroatoms. The van der Waals surface area contributed by atoms with Gasteiger partial charge in [0.1, 0.15) is 6.33 Å². The molecular formula is C24H4N4O. The molecule has 2 aromatic heterocycles. The Kier molecular flexibility index (Phi) is 7.94. The molecule has 0 saturated carbocycles. The third kappa shape index (κ3) is 6.95. The molecule has 0 atom stereocenters. The largest absolute Gasteiger partial charge is 0.325 e. The molecule has 0 aliphatic carbocycles. The summed E-state index contributed by atoms with van der Waals surface area (Å²) in [4.78, 5) is 19.8. The van der Waals surface area contributed by atoms with Gasteiger partial charge < -0.3 is 0 Å². The average Bonchev–Trinajstić information content (AvgIpc) is 3.17. The van der Waals surface area contributed by atoms with Crippen LogP contribution in [0.1, 0.15) is 4.79 Å². The second-order valence-corrected chi connectivity index (χ2v) is 4.31. The third-order valence-corrected chi connectivity index (χ3v) is 2.54. The molecule has 0 amide bonds. The highest BCUT2D eigenvalue weighted by Gasteiger charge is 2.08. The minimum Gasteiger partial charge on any atom is -0.257 e. The monoisotopic (exact) mass is 364 g/mol. The van der Waals surface area contributed by atoms with Gasteiger partial charge in [-0.3, -0.25) is 4.79 Å². The van der Waals surface area contributed by atoms with Crippen molar-refractivity contribution in [2.75, 3.05) is 0 Å². The van der Waals surface area contributed by atoms with Crippen LogP contribution in [0.25, 0.3) is 11.0 Å². The zero-order chi connectivity index (χ0) is 20.6. The minimum atomic E-state index is -0.565. The lowest BCUT2D eigenvalue weighted by molar-refractivity contribution is 0.0970. The molecule has 0 unspecified atom stereocenters. The number of nitrogens with zero attached hydrogens (tertiary/aromatic N) is 4. The number of fused-ring (bicyclic) bond motifs is 1. The van der Waals surface area contributed by atoms with Crippen molar-refractivity contribution in [3.8, 4) is 107 Å². The molecule has 0 N–H and O–H groups in total. The number of hydrogen-bond donors (Lipinski definition) is 0. The normalized spacial score (nSPS) is 6.59. The standard InChI is InChI=1S/C24H4N4O/c1-2-3-4-5-6-7-8-9-10-11-12-13-14-15-16-17-18-23(29)28-24-22(20-27-28)19-25-21-26-24/h1,19-21H. The molecule has 126 valence electrons. The van der Waals surface area contributed by atoms with Gasteiger partial charge in [0, 0.05) is 12.1 Å². The Balaban J connectivity index is 1.89. The first-order chi connectivity index (χ1) is 14.3. The van der Waals surface area contributed by atoms with Crippen molar-refractivity contribution < 1.29 is 4.79 Å². The van der Waals surface area contributed by atoms with E-state index in [-0.39, 0.29) is 0 Å². The van der Waals surface area contributed by atoms with Crippen LogP contribution in [-0.2, 0) is 0 Å². The summed E-state index contributed by atoms with van der Waals surface area (Å²) in [6, 6.07) is 0. The van der Waals surface area contributed by atoms with Gasteiger partial charge in [0.2, 0.25) is 0 Å². The SMILES string of the molecule is C#CC#CC#CC#CC#CC#CC#CC#CC#CC(=O)n1ncc2cncnc21. The van der Waals surface area contributed by atoms with Crippen molar-refractivity contribution in [2.45, 2.75) is 0 Å². The maximum atomic E-state index is 12.0. The molecule has 0 aliphatic rings. The van der Waals surface area contributed by atoms with E-state index in [1.165, 1.54) is 12.5 Å². The van der Waals surface area contributed by atoms with E-state index in [9.17, 15) is 4.79 Å². The third-order valence-electron chi connectivity index (χ3n) is 2.54. The number of carbonyl (C=O) groups excluding carboxylic acids is 1. The first-order valence-corrected chi connectivity index (χ1v) is 7.47. The molecule has 0 saturated heterocycles. The topological polar surface area (TPSA) is 60.7 Å². The molecule has 0 aliphatic heterocycles. The summed E-state index contributed by atoms with van der Waals surface area (Å²) in [7, 11) is 0. The van der Waals surface area contributed by atoms with Gasteiger partial charge in [0.05, 0.1) is 11.6 Å². The molecule has 29 heavy (non-hydrogen) atoms. The van der Waals surface area contributed by atoms with Crippen LogP contribution in [0.15, 0.2) is 18.7 Å². The van der Waals surface area contributed by atoms with E-state index in [2.05, 4.69) is 116 Å². The Morgan fingerprint density at radius 2 is 1.28 bits per heavy atom. The van der Waals surface area contributed by atoms with Crippen molar-refractivity contribution >= 4 is 16.9 Å². The van der Waals surface area contributed by atoms with E-state index >= 15 is 0 Å². The van der Waals surface area contributed by atoms with Gasteiger partial charge in [0.25, 0.3) is 0 Å². The van der Waals surface area contributed by atoms with E-state index in [1.54, 1.807) is 6.20 Å². The lowest BCUT2D eigenvalue weighted by Gasteiger charge is -1.92. The zero-order valence-corrected chi connectivity index (χ0v) is 14.5. The molecule has 5 nitrogen and oxygen atoms in total. The molecule has 0 spiro atoms. The van der Waals surface area contributed by atoms with Gasteiger partial charge in [-0.25, -0.2) is 9.97 Å². The number of aromatic nitrogens is 4. The van der Waals surface area contributed by atoms with Crippen LogP contribution in [-0.4, -0.2) is 25.7 Å². The molecule has 0 fully saturated rings. The smallest absolute Gasteiger partial charge is 0.257 e. The predicted octanol–water partition coefficient (Wildman–Crippen LogP) is 0.127. The highest BCUT2D eigenvalue weighted by Crippen LogP contribution is 2.07. The van der Waals surface area contributed by atoms with Gasteiger partial charge in [-0.1, -0.05) is 0 Å². The van der Waals surface area contributed by atoms with Crippen molar-refractivity contribution in [2.24, 2.45) is 0 Å². The van der Waals surface area contributed by atoms with Crippen molar-refractivity contribution in [1.82, 2.24) is 19.7 Å². The Morgan fingerprint density at radius 1 is 0.759 bits per heavy atom. The maximum Gasteiger partial charge on any atom is 0.325 e. The molecule has 0 bridgehead atoms. The van der Waals surface area contributed by atoms with Gasteiger partial charge in [0.15, 0.2) is 5.65 Å². The molecule has 0 radical (unpaired) electrons. The van der Waals surface area contributed by atoms with Gasteiger partial charge in [-0.15, -0.1) is 6.42 Å². The van der Waals surface area contributed by atoms with Crippen LogP contribution in [0.4, 0.5) is 0 Å². The quantitative estimate of drug-likeness (QED) is 0.624. The lowest BCUT2D eigenvalue weighted by Crippen LogP contribution is -2.10. The molecule has 2 rings (SSSR count). The van der Waals surface area contributed by atoms with E-state index in [4.69, 9.17) is 6.42 Å². The van der Waals surface area contributed by atoms with Crippen LogP contribution in [0.5, 0.6) is 0 Å². The van der Waals surface area contributed by atoms with Crippen molar-refractivity contribution in [1.29, 1.82) is 0 Å². The fourth-order valence-electron chi connectivity index (χ4n) is 1.51.